The van der Waals surface area contributed by atoms with Crippen molar-refractivity contribution in [2.45, 2.75) is 32.9 Å². The Labute approximate surface area is 105 Å². The fraction of sp³-hybridized carbons (Fsp3) is 0.417. The molecule has 88 valence electrons. The van der Waals surface area contributed by atoms with Crippen molar-refractivity contribution in [1.82, 2.24) is 5.32 Å². The van der Waals surface area contributed by atoms with Crippen molar-refractivity contribution < 1.29 is 4.79 Å². The topological polar surface area (TPSA) is 55.1 Å². The summed E-state index contributed by atoms with van der Waals surface area (Å²) in [5, 5.41) is 2.82. The number of carbonyl (C=O) groups is 1. The first kappa shape index (κ1) is 13.2. The van der Waals surface area contributed by atoms with Crippen molar-refractivity contribution in [2.75, 3.05) is 0 Å². The molecule has 0 aliphatic rings. The number of amides is 1. The van der Waals surface area contributed by atoms with Crippen LogP contribution < -0.4 is 11.1 Å². The van der Waals surface area contributed by atoms with Crippen LogP contribution in [0.5, 0.6) is 0 Å². The van der Waals surface area contributed by atoms with Crippen molar-refractivity contribution in [3.63, 3.8) is 0 Å². The van der Waals surface area contributed by atoms with Gasteiger partial charge >= 0.3 is 0 Å². The second-order valence-electron chi connectivity index (χ2n) is 4.48. The first-order chi connectivity index (χ1) is 7.30. The lowest BCUT2D eigenvalue weighted by Crippen LogP contribution is -2.48. The number of carbonyl (C=O) groups excluding carboxylic acids is 1. The van der Waals surface area contributed by atoms with E-state index in [2.05, 4.69) is 21.2 Å². The van der Waals surface area contributed by atoms with Gasteiger partial charge in [-0.2, -0.15) is 0 Å². The van der Waals surface area contributed by atoms with Crippen LogP contribution in [0.25, 0.3) is 0 Å². The summed E-state index contributed by atoms with van der Waals surface area (Å²) in [6, 6.07) is 5.99. The number of rotatable bonds is 3. The zero-order valence-corrected chi connectivity index (χ0v) is 11.4. The molecule has 0 unspecified atom stereocenters. The van der Waals surface area contributed by atoms with Gasteiger partial charge in [0.2, 0.25) is 5.91 Å². The molecule has 0 aromatic heterocycles. The van der Waals surface area contributed by atoms with Crippen LogP contribution in [0.1, 0.15) is 25.0 Å². The number of hydrogen-bond donors (Lipinski definition) is 2. The van der Waals surface area contributed by atoms with E-state index in [1.807, 2.05) is 25.1 Å². The summed E-state index contributed by atoms with van der Waals surface area (Å²) in [6.45, 7) is 5.90. The number of hydrogen-bond acceptors (Lipinski definition) is 2. The van der Waals surface area contributed by atoms with Gasteiger partial charge in [0, 0.05) is 11.0 Å². The maximum Gasteiger partial charge on any atom is 0.239 e. The Balaban J connectivity index is 2.68. The van der Waals surface area contributed by atoms with E-state index in [-0.39, 0.29) is 5.91 Å². The highest BCUT2D eigenvalue weighted by atomic mass is 79.9. The second kappa shape index (κ2) is 4.97. The van der Waals surface area contributed by atoms with Crippen molar-refractivity contribution >= 4 is 21.8 Å². The summed E-state index contributed by atoms with van der Waals surface area (Å²) in [4.78, 5) is 11.6. The lowest BCUT2D eigenvalue weighted by molar-refractivity contribution is -0.125. The average Bonchev–Trinajstić information content (AvgIpc) is 2.17. The minimum atomic E-state index is -0.833. The van der Waals surface area contributed by atoms with E-state index >= 15 is 0 Å². The molecule has 0 aliphatic heterocycles. The van der Waals surface area contributed by atoms with Gasteiger partial charge in [0.05, 0.1) is 5.54 Å². The summed E-state index contributed by atoms with van der Waals surface area (Å²) in [6.07, 6.45) is 0. The van der Waals surface area contributed by atoms with Crippen LogP contribution >= 0.6 is 15.9 Å². The van der Waals surface area contributed by atoms with E-state index in [9.17, 15) is 4.79 Å². The minimum absolute atomic E-state index is 0.146. The van der Waals surface area contributed by atoms with Gasteiger partial charge in [0.25, 0.3) is 0 Å². The summed E-state index contributed by atoms with van der Waals surface area (Å²) in [7, 11) is 0. The molecule has 0 spiro atoms. The van der Waals surface area contributed by atoms with Gasteiger partial charge in [-0.05, 0) is 44.0 Å². The molecule has 0 radical (unpaired) electrons. The van der Waals surface area contributed by atoms with Crippen molar-refractivity contribution in [2.24, 2.45) is 5.73 Å². The molecule has 0 heterocycles. The van der Waals surface area contributed by atoms with Gasteiger partial charge in [-0.3, -0.25) is 4.79 Å². The van der Waals surface area contributed by atoms with Gasteiger partial charge < -0.3 is 11.1 Å². The minimum Gasteiger partial charge on any atom is -0.350 e. The predicted octanol–water partition coefficient (Wildman–Crippen LogP) is 2.11. The van der Waals surface area contributed by atoms with Crippen molar-refractivity contribution in [3.05, 3.63) is 33.8 Å². The maximum atomic E-state index is 11.6. The van der Waals surface area contributed by atoms with E-state index < -0.39 is 5.54 Å². The fourth-order valence-corrected chi connectivity index (χ4v) is 1.64. The summed E-state index contributed by atoms with van der Waals surface area (Å²) >= 11 is 3.41. The van der Waals surface area contributed by atoms with Crippen LogP contribution in [-0.2, 0) is 11.3 Å². The van der Waals surface area contributed by atoms with Crippen LogP contribution in [-0.4, -0.2) is 11.4 Å². The van der Waals surface area contributed by atoms with E-state index in [1.54, 1.807) is 13.8 Å². The van der Waals surface area contributed by atoms with Gasteiger partial charge in [-0.25, -0.2) is 0 Å². The van der Waals surface area contributed by atoms with Crippen LogP contribution in [0, 0.1) is 6.92 Å². The number of nitrogens with one attached hydrogen (secondary N) is 1. The molecule has 4 heteroatoms. The first-order valence-corrected chi connectivity index (χ1v) is 5.92. The molecule has 1 rings (SSSR count). The third kappa shape index (κ3) is 3.61. The highest BCUT2D eigenvalue weighted by molar-refractivity contribution is 9.10. The molecular formula is C12H17BrN2O. The summed E-state index contributed by atoms with van der Waals surface area (Å²) in [5.74, 6) is -0.146. The molecule has 1 amide bonds. The Kier molecular flexibility index (Phi) is 4.10. The lowest BCUT2D eigenvalue weighted by atomic mass is 10.1. The van der Waals surface area contributed by atoms with Gasteiger partial charge in [-0.1, -0.05) is 22.0 Å². The van der Waals surface area contributed by atoms with E-state index in [0.717, 1.165) is 15.6 Å². The molecule has 3 nitrogen and oxygen atoms in total. The number of halogens is 1. The van der Waals surface area contributed by atoms with Crippen LogP contribution in [0.2, 0.25) is 0 Å². The van der Waals surface area contributed by atoms with E-state index in [4.69, 9.17) is 5.73 Å². The predicted molar refractivity (Wildman–Crippen MR) is 69.0 cm³/mol. The van der Waals surface area contributed by atoms with Crippen LogP contribution in [0.4, 0.5) is 0 Å². The molecule has 1 aromatic carbocycles. The van der Waals surface area contributed by atoms with Crippen molar-refractivity contribution in [1.29, 1.82) is 0 Å². The van der Waals surface area contributed by atoms with Crippen LogP contribution in [0.15, 0.2) is 22.7 Å². The molecule has 0 saturated heterocycles. The van der Waals surface area contributed by atoms with Gasteiger partial charge in [0.1, 0.15) is 0 Å². The standard InChI is InChI=1S/C12H17BrN2O/c1-8-4-5-10(13)6-9(8)7-15-11(16)12(2,3)14/h4-6H,7,14H2,1-3H3,(H,15,16). The molecular weight excluding hydrogens is 268 g/mol. The lowest BCUT2D eigenvalue weighted by Gasteiger charge is -2.18. The number of nitrogens with two attached hydrogens (primary N) is 1. The zero-order chi connectivity index (χ0) is 12.3. The monoisotopic (exact) mass is 284 g/mol. The molecule has 3 N–H and O–H groups in total. The van der Waals surface area contributed by atoms with E-state index in [0.29, 0.717) is 6.54 Å². The molecule has 0 bridgehead atoms. The third-order valence-corrected chi connectivity index (χ3v) is 2.83. The Morgan fingerprint density at radius 2 is 2.12 bits per heavy atom. The second-order valence-corrected chi connectivity index (χ2v) is 5.39. The fourth-order valence-electron chi connectivity index (χ4n) is 1.23. The number of aryl methyl sites for hydroxylation is 1. The Hall–Kier alpha value is -0.870. The first-order valence-electron chi connectivity index (χ1n) is 5.13. The normalized spacial score (nSPS) is 11.3. The summed E-state index contributed by atoms with van der Waals surface area (Å²) in [5.41, 5.74) is 7.10. The third-order valence-electron chi connectivity index (χ3n) is 2.34. The van der Waals surface area contributed by atoms with Crippen molar-refractivity contribution in [3.8, 4) is 0 Å². The molecule has 0 atom stereocenters. The molecule has 0 fully saturated rings. The highest BCUT2D eigenvalue weighted by Gasteiger charge is 2.21. The quantitative estimate of drug-likeness (QED) is 0.893. The number of benzene rings is 1. The Bertz CT molecular complexity index is 396. The Morgan fingerprint density at radius 3 is 2.69 bits per heavy atom. The summed E-state index contributed by atoms with van der Waals surface area (Å²) < 4.78 is 1.01. The highest BCUT2D eigenvalue weighted by Crippen LogP contribution is 2.15. The molecule has 0 aliphatic carbocycles. The zero-order valence-electron chi connectivity index (χ0n) is 9.80. The van der Waals surface area contributed by atoms with Crippen LogP contribution in [0.3, 0.4) is 0 Å². The smallest absolute Gasteiger partial charge is 0.239 e. The SMILES string of the molecule is Cc1ccc(Br)cc1CNC(=O)C(C)(C)N. The molecule has 16 heavy (non-hydrogen) atoms. The average molecular weight is 285 g/mol. The molecule has 1 aromatic rings. The van der Waals surface area contributed by atoms with Gasteiger partial charge in [-0.15, -0.1) is 0 Å². The largest absolute Gasteiger partial charge is 0.350 e. The van der Waals surface area contributed by atoms with Gasteiger partial charge in [0.15, 0.2) is 0 Å². The maximum absolute atomic E-state index is 11.6. The van der Waals surface area contributed by atoms with E-state index in [1.165, 1.54) is 0 Å². The Morgan fingerprint density at radius 1 is 1.50 bits per heavy atom. The molecule has 0 saturated carbocycles.